The monoisotopic (exact) mass is 404 g/mol. The predicted molar refractivity (Wildman–Crippen MR) is 96.7 cm³/mol. The third-order valence-corrected chi connectivity index (χ3v) is 4.10. The molecule has 1 heterocycles. The summed E-state index contributed by atoms with van der Waals surface area (Å²) >= 11 is 3.36. The minimum absolute atomic E-state index is 0. The van der Waals surface area contributed by atoms with Crippen LogP contribution in [0.4, 0.5) is 5.69 Å². The highest BCUT2D eigenvalue weighted by molar-refractivity contribution is 9.10. The second kappa shape index (κ2) is 9.22. The maximum atomic E-state index is 12.0. The lowest BCUT2D eigenvalue weighted by molar-refractivity contribution is -0.134. The normalized spacial score (nSPS) is 16.4. The Morgan fingerprint density at radius 1 is 1.22 bits per heavy atom. The molecule has 0 bridgehead atoms. The number of halogens is 2. The number of anilines is 1. The van der Waals surface area contributed by atoms with E-state index in [0.29, 0.717) is 32.7 Å². The summed E-state index contributed by atoms with van der Waals surface area (Å²) in [6.45, 7) is 4.63. The number of nitrogens with zero attached hydrogens (tertiary/aromatic N) is 2. The average Bonchev–Trinajstić information content (AvgIpc) is 2.49. The van der Waals surface area contributed by atoms with Gasteiger partial charge in [-0.1, -0.05) is 15.9 Å². The van der Waals surface area contributed by atoms with Crippen molar-refractivity contribution < 1.29 is 9.59 Å². The van der Waals surface area contributed by atoms with E-state index in [-0.39, 0.29) is 24.2 Å². The fraction of sp³-hybridized carbons (Fsp3) is 0.467. The van der Waals surface area contributed by atoms with Gasteiger partial charge in [-0.2, -0.15) is 0 Å². The molecule has 8 heteroatoms. The lowest BCUT2D eigenvalue weighted by atomic mass is 10.2. The molecule has 1 aromatic rings. The fourth-order valence-electron chi connectivity index (χ4n) is 2.35. The molecule has 1 aromatic carbocycles. The molecule has 0 aliphatic carbocycles. The molecule has 1 fully saturated rings. The summed E-state index contributed by atoms with van der Waals surface area (Å²) in [7, 11) is 0. The highest BCUT2D eigenvalue weighted by Crippen LogP contribution is 2.14. The SMILES string of the molecule is CC(N)C(=O)N1CCN(CC(=O)Nc2ccc(Br)cc2)CC1.Cl. The second-order valence-corrected chi connectivity index (χ2v) is 6.36. The number of nitrogens with two attached hydrogens (primary N) is 1. The van der Waals surface area contributed by atoms with Crippen LogP contribution >= 0.6 is 28.3 Å². The van der Waals surface area contributed by atoms with E-state index in [2.05, 4.69) is 21.2 Å². The van der Waals surface area contributed by atoms with Crippen molar-refractivity contribution in [1.29, 1.82) is 0 Å². The van der Waals surface area contributed by atoms with Crippen LogP contribution in [-0.4, -0.2) is 60.4 Å². The minimum Gasteiger partial charge on any atom is -0.339 e. The maximum absolute atomic E-state index is 12.0. The van der Waals surface area contributed by atoms with Crippen molar-refractivity contribution in [3.63, 3.8) is 0 Å². The van der Waals surface area contributed by atoms with Gasteiger partial charge in [-0.15, -0.1) is 12.4 Å². The number of hydrogen-bond acceptors (Lipinski definition) is 4. The molecule has 2 rings (SSSR count). The van der Waals surface area contributed by atoms with Gasteiger partial charge in [-0.05, 0) is 31.2 Å². The van der Waals surface area contributed by atoms with Crippen molar-refractivity contribution in [3.8, 4) is 0 Å². The minimum atomic E-state index is -0.466. The van der Waals surface area contributed by atoms with Crippen LogP contribution in [0.5, 0.6) is 0 Å². The topological polar surface area (TPSA) is 78.7 Å². The van der Waals surface area contributed by atoms with E-state index in [9.17, 15) is 9.59 Å². The van der Waals surface area contributed by atoms with Gasteiger partial charge >= 0.3 is 0 Å². The molecule has 1 aliphatic heterocycles. The van der Waals surface area contributed by atoms with Gasteiger partial charge in [0, 0.05) is 36.3 Å². The Balaban J connectivity index is 0.00000264. The van der Waals surface area contributed by atoms with Gasteiger partial charge in [0.25, 0.3) is 0 Å². The summed E-state index contributed by atoms with van der Waals surface area (Å²) < 4.78 is 0.973. The van der Waals surface area contributed by atoms with Crippen molar-refractivity contribution in [1.82, 2.24) is 9.80 Å². The highest BCUT2D eigenvalue weighted by atomic mass is 79.9. The van der Waals surface area contributed by atoms with Crippen LogP contribution in [0.15, 0.2) is 28.7 Å². The van der Waals surface area contributed by atoms with Crippen LogP contribution in [0.25, 0.3) is 0 Å². The number of hydrogen-bond donors (Lipinski definition) is 2. The third kappa shape index (κ3) is 6.10. The number of carbonyl (C=O) groups excluding carboxylic acids is 2. The fourth-order valence-corrected chi connectivity index (χ4v) is 2.62. The molecule has 3 N–H and O–H groups in total. The average molecular weight is 406 g/mol. The van der Waals surface area contributed by atoms with E-state index in [1.54, 1.807) is 11.8 Å². The molecule has 1 atom stereocenters. The Labute approximate surface area is 150 Å². The lowest BCUT2D eigenvalue weighted by Crippen LogP contribution is -2.53. The Hall–Kier alpha value is -1.15. The molecule has 23 heavy (non-hydrogen) atoms. The molecule has 128 valence electrons. The zero-order valence-electron chi connectivity index (χ0n) is 13.0. The van der Waals surface area contributed by atoms with Crippen LogP contribution in [-0.2, 0) is 9.59 Å². The number of nitrogens with one attached hydrogen (secondary N) is 1. The smallest absolute Gasteiger partial charge is 0.239 e. The summed E-state index contributed by atoms with van der Waals surface area (Å²) in [5.74, 6) is -0.0757. The molecular formula is C15H22BrClN4O2. The summed E-state index contributed by atoms with van der Waals surface area (Å²) in [6.07, 6.45) is 0. The van der Waals surface area contributed by atoms with Crippen LogP contribution in [0, 0.1) is 0 Å². The Morgan fingerprint density at radius 3 is 2.30 bits per heavy atom. The highest BCUT2D eigenvalue weighted by Gasteiger charge is 2.23. The van der Waals surface area contributed by atoms with Gasteiger partial charge in [0.1, 0.15) is 0 Å². The first-order valence-corrected chi connectivity index (χ1v) is 8.07. The molecule has 0 spiro atoms. The molecule has 1 saturated heterocycles. The van der Waals surface area contributed by atoms with Crippen LogP contribution < -0.4 is 11.1 Å². The first-order chi connectivity index (χ1) is 10.5. The first-order valence-electron chi connectivity index (χ1n) is 7.28. The van der Waals surface area contributed by atoms with Gasteiger partial charge in [0.15, 0.2) is 0 Å². The zero-order chi connectivity index (χ0) is 16.1. The Morgan fingerprint density at radius 2 is 1.78 bits per heavy atom. The zero-order valence-corrected chi connectivity index (χ0v) is 15.4. The maximum Gasteiger partial charge on any atom is 0.239 e. The Kier molecular flexibility index (Phi) is 7.98. The number of benzene rings is 1. The molecule has 2 amide bonds. The van der Waals surface area contributed by atoms with E-state index in [0.717, 1.165) is 10.2 Å². The first kappa shape index (κ1) is 19.9. The summed E-state index contributed by atoms with van der Waals surface area (Å²) in [5, 5.41) is 2.87. The van der Waals surface area contributed by atoms with Gasteiger partial charge in [0.05, 0.1) is 12.6 Å². The van der Waals surface area contributed by atoms with Gasteiger partial charge in [-0.3, -0.25) is 14.5 Å². The van der Waals surface area contributed by atoms with Crippen molar-refractivity contribution in [2.75, 3.05) is 38.0 Å². The van der Waals surface area contributed by atoms with Crippen LogP contribution in [0.3, 0.4) is 0 Å². The quantitative estimate of drug-likeness (QED) is 0.791. The van der Waals surface area contributed by atoms with Gasteiger partial charge in [-0.25, -0.2) is 0 Å². The summed E-state index contributed by atoms with van der Waals surface area (Å²) in [6, 6.07) is 7.00. The van der Waals surface area contributed by atoms with E-state index >= 15 is 0 Å². The molecular weight excluding hydrogens is 384 g/mol. The summed E-state index contributed by atoms with van der Waals surface area (Å²) in [5.41, 5.74) is 6.38. The molecule has 0 saturated carbocycles. The van der Waals surface area contributed by atoms with E-state index < -0.39 is 6.04 Å². The van der Waals surface area contributed by atoms with E-state index in [1.165, 1.54) is 0 Å². The van der Waals surface area contributed by atoms with Crippen LogP contribution in [0.2, 0.25) is 0 Å². The van der Waals surface area contributed by atoms with E-state index in [4.69, 9.17) is 5.73 Å². The van der Waals surface area contributed by atoms with Gasteiger partial charge < -0.3 is 16.0 Å². The standard InChI is InChI=1S/C15H21BrN4O2.ClH/c1-11(17)15(22)20-8-6-19(7-9-20)10-14(21)18-13-4-2-12(16)3-5-13;/h2-5,11H,6-10,17H2,1H3,(H,18,21);1H. The lowest BCUT2D eigenvalue weighted by Gasteiger charge is -2.35. The predicted octanol–water partition coefficient (Wildman–Crippen LogP) is 1.30. The number of amides is 2. The molecule has 1 aliphatic rings. The number of piperazine rings is 1. The van der Waals surface area contributed by atoms with Crippen molar-refractivity contribution in [2.24, 2.45) is 5.73 Å². The molecule has 0 aromatic heterocycles. The third-order valence-electron chi connectivity index (χ3n) is 3.57. The number of carbonyl (C=O) groups is 2. The molecule has 1 unspecified atom stereocenters. The van der Waals surface area contributed by atoms with Gasteiger partial charge in [0.2, 0.25) is 11.8 Å². The summed E-state index contributed by atoms with van der Waals surface area (Å²) in [4.78, 5) is 27.6. The Bertz CT molecular complexity index is 531. The van der Waals surface area contributed by atoms with Crippen LogP contribution in [0.1, 0.15) is 6.92 Å². The molecule has 0 radical (unpaired) electrons. The van der Waals surface area contributed by atoms with Crippen molar-refractivity contribution >= 4 is 45.8 Å². The second-order valence-electron chi connectivity index (χ2n) is 5.45. The molecule has 6 nitrogen and oxygen atoms in total. The van der Waals surface area contributed by atoms with E-state index in [1.807, 2.05) is 29.2 Å². The van der Waals surface area contributed by atoms with Crippen molar-refractivity contribution in [2.45, 2.75) is 13.0 Å². The largest absolute Gasteiger partial charge is 0.339 e. The number of rotatable bonds is 4. The van der Waals surface area contributed by atoms with Crippen molar-refractivity contribution in [3.05, 3.63) is 28.7 Å².